The molecule has 0 aromatic carbocycles. The number of carbonyl (C=O) groups is 1. The van der Waals surface area contributed by atoms with E-state index < -0.39 is 11.5 Å². The van der Waals surface area contributed by atoms with Crippen molar-refractivity contribution in [2.24, 2.45) is 11.1 Å². The molecule has 0 aliphatic heterocycles. The normalized spacial score (nSPS) is 26.6. The Morgan fingerprint density at radius 2 is 1.67 bits per heavy atom. The van der Waals surface area contributed by atoms with Crippen LogP contribution in [0.1, 0.15) is 39.5 Å². The molecule has 0 bridgehead atoms. The second-order valence-corrected chi connectivity index (χ2v) is 4.63. The first-order valence-electron chi connectivity index (χ1n) is 4.38. The minimum absolute atomic E-state index is 0.276. The van der Waals surface area contributed by atoms with E-state index in [9.17, 15) is 4.79 Å². The van der Waals surface area contributed by atoms with Crippen molar-refractivity contribution in [3.8, 4) is 0 Å². The third kappa shape index (κ3) is 1.78. The second kappa shape index (κ2) is 2.73. The number of carboxylic acid groups (broad SMARTS) is 1. The summed E-state index contributed by atoms with van der Waals surface area (Å²) in [6.07, 6.45) is 3.04. The molecule has 1 saturated carbocycles. The molecule has 0 unspecified atom stereocenters. The summed E-state index contributed by atoms with van der Waals surface area (Å²) < 4.78 is 0. The first-order valence-corrected chi connectivity index (χ1v) is 4.38. The van der Waals surface area contributed by atoms with Gasteiger partial charge in [0.05, 0.1) is 0 Å². The van der Waals surface area contributed by atoms with Crippen LogP contribution in [0.4, 0.5) is 0 Å². The minimum atomic E-state index is -0.949. The van der Waals surface area contributed by atoms with E-state index in [0.717, 1.165) is 12.8 Å². The van der Waals surface area contributed by atoms with Gasteiger partial charge >= 0.3 is 5.97 Å². The van der Waals surface area contributed by atoms with Crippen LogP contribution in [-0.2, 0) is 4.79 Å². The molecule has 0 heterocycles. The summed E-state index contributed by atoms with van der Waals surface area (Å²) in [5.41, 5.74) is 5.05. The number of carboxylic acids is 1. The molecule has 12 heavy (non-hydrogen) atoms. The van der Waals surface area contributed by atoms with Crippen molar-refractivity contribution in [1.82, 2.24) is 0 Å². The number of hydrogen-bond acceptors (Lipinski definition) is 2. The Morgan fingerprint density at radius 1 is 1.25 bits per heavy atom. The van der Waals surface area contributed by atoms with Gasteiger partial charge < -0.3 is 10.8 Å². The van der Waals surface area contributed by atoms with Crippen molar-refractivity contribution >= 4 is 5.97 Å². The highest BCUT2D eigenvalue weighted by Gasteiger charge is 2.40. The average Bonchev–Trinajstić information content (AvgIpc) is 1.96. The number of aliphatic carboxylic acids is 1. The van der Waals surface area contributed by atoms with Crippen molar-refractivity contribution in [1.29, 1.82) is 0 Å². The van der Waals surface area contributed by atoms with Gasteiger partial charge in [0.25, 0.3) is 0 Å². The molecule has 1 aliphatic carbocycles. The van der Waals surface area contributed by atoms with Crippen LogP contribution in [0.15, 0.2) is 0 Å². The molecular weight excluding hydrogens is 154 g/mol. The largest absolute Gasteiger partial charge is 0.480 e. The molecule has 0 radical (unpaired) electrons. The lowest BCUT2D eigenvalue weighted by molar-refractivity contribution is -0.145. The summed E-state index contributed by atoms with van der Waals surface area (Å²) in [6, 6.07) is 0. The molecule has 0 aromatic heterocycles. The molecule has 0 spiro atoms. The monoisotopic (exact) mass is 171 g/mol. The highest BCUT2D eigenvalue weighted by molar-refractivity contribution is 5.78. The molecule has 0 saturated heterocycles. The van der Waals surface area contributed by atoms with Gasteiger partial charge in [-0.1, -0.05) is 13.8 Å². The van der Waals surface area contributed by atoms with Crippen LogP contribution in [0.25, 0.3) is 0 Å². The Hall–Kier alpha value is -0.570. The molecule has 1 aliphatic rings. The van der Waals surface area contributed by atoms with Gasteiger partial charge in [0.1, 0.15) is 5.54 Å². The van der Waals surface area contributed by atoms with Gasteiger partial charge in [0.2, 0.25) is 0 Å². The van der Waals surface area contributed by atoms with Crippen molar-refractivity contribution in [2.45, 2.75) is 45.1 Å². The van der Waals surface area contributed by atoms with Gasteiger partial charge in [-0.3, -0.25) is 4.79 Å². The van der Waals surface area contributed by atoms with Gasteiger partial charge in [0, 0.05) is 0 Å². The molecular formula is C9H17NO2. The highest BCUT2D eigenvalue weighted by Crippen LogP contribution is 2.38. The fourth-order valence-electron chi connectivity index (χ4n) is 1.59. The maximum absolute atomic E-state index is 10.8. The number of rotatable bonds is 1. The van der Waals surface area contributed by atoms with E-state index in [4.69, 9.17) is 10.8 Å². The van der Waals surface area contributed by atoms with Crippen molar-refractivity contribution in [3.63, 3.8) is 0 Å². The maximum atomic E-state index is 10.8. The smallest absolute Gasteiger partial charge is 0.323 e. The third-order valence-electron chi connectivity index (χ3n) is 2.92. The maximum Gasteiger partial charge on any atom is 0.323 e. The lowest BCUT2D eigenvalue weighted by atomic mass is 9.70. The topological polar surface area (TPSA) is 63.3 Å². The Morgan fingerprint density at radius 3 is 2.00 bits per heavy atom. The van der Waals surface area contributed by atoms with E-state index >= 15 is 0 Å². The standard InChI is InChI=1S/C9H17NO2/c1-8(2)3-5-9(10,6-4-8)7(11)12/h3-6,10H2,1-2H3,(H,11,12). The predicted octanol–water partition coefficient (Wildman–Crippen LogP) is 1.37. The van der Waals surface area contributed by atoms with E-state index in [0.29, 0.717) is 12.8 Å². The van der Waals surface area contributed by atoms with E-state index in [2.05, 4.69) is 13.8 Å². The lowest BCUT2D eigenvalue weighted by Gasteiger charge is -2.38. The molecule has 3 heteroatoms. The fraction of sp³-hybridized carbons (Fsp3) is 0.889. The molecule has 0 aromatic rings. The Kier molecular flexibility index (Phi) is 2.17. The Bertz CT molecular complexity index is 189. The minimum Gasteiger partial charge on any atom is -0.480 e. The molecule has 0 amide bonds. The van der Waals surface area contributed by atoms with Crippen molar-refractivity contribution < 1.29 is 9.90 Å². The summed E-state index contributed by atoms with van der Waals surface area (Å²) in [4.78, 5) is 10.8. The van der Waals surface area contributed by atoms with Gasteiger partial charge in [-0.05, 0) is 31.1 Å². The van der Waals surface area contributed by atoms with Crippen LogP contribution in [0.3, 0.4) is 0 Å². The second-order valence-electron chi connectivity index (χ2n) is 4.63. The van der Waals surface area contributed by atoms with E-state index in [1.54, 1.807) is 0 Å². The van der Waals surface area contributed by atoms with E-state index in [1.807, 2.05) is 0 Å². The molecule has 70 valence electrons. The van der Waals surface area contributed by atoms with Crippen LogP contribution < -0.4 is 5.73 Å². The number of nitrogens with two attached hydrogens (primary N) is 1. The predicted molar refractivity (Wildman–Crippen MR) is 46.8 cm³/mol. The van der Waals surface area contributed by atoms with Crippen LogP contribution in [0, 0.1) is 5.41 Å². The fourth-order valence-corrected chi connectivity index (χ4v) is 1.59. The van der Waals surface area contributed by atoms with Gasteiger partial charge in [-0.15, -0.1) is 0 Å². The SMILES string of the molecule is CC1(C)CCC(N)(C(=O)O)CC1. The Balaban J connectivity index is 2.62. The summed E-state index contributed by atoms with van der Waals surface area (Å²) in [5, 5.41) is 8.84. The lowest BCUT2D eigenvalue weighted by Crippen LogP contribution is -2.51. The van der Waals surface area contributed by atoms with Gasteiger partial charge in [0.15, 0.2) is 0 Å². The van der Waals surface area contributed by atoms with E-state index in [-0.39, 0.29) is 5.41 Å². The quantitative estimate of drug-likeness (QED) is 0.626. The first-order chi connectivity index (χ1) is 5.36. The zero-order chi connectivity index (χ0) is 9.41. The third-order valence-corrected chi connectivity index (χ3v) is 2.92. The molecule has 0 atom stereocenters. The molecule has 3 nitrogen and oxygen atoms in total. The van der Waals surface area contributed by atoms with Crippen LogP contribution in [0.2, 0.25) is 0 Å². The zero-order valence-electron chi connectivity index (χ0n) is 7.76. The summed E-state index contributed by atoms with van der Waals surface area (Å²) >= 11 is 0. The molecule has 3 N–H and O–H groups in total. The first kappa shape index (κ1) is 9.52. The summed E-state index contributed by atoms with van der Waals surface area (Å²) in [5.74, 6) is -0.849. The van der Waals surface area contributed by atoms with Crippen LogP contribution >= 0.6 is 0 Å². The van der Waals surface area contributed by atoms with Crippen molar-refractivity contribution in [3.05, 3.63) is 0 Å². The number of hydrogen-bond donors (Lipinski definition) is 2. The summed E-state index contributed by atoms with van der Waals surface area (Å²) in [6.45, 7) is 4.32. The van der Waals surface area contributed by atoms with Gasteiger partial charge in [-0.2, -0.15) is 0 Å². The highest BCUT2D eigenvalue weighted by atomic mass is 16.4. The average molecular weight is 171 g/mol. The van der Waals surface area contributed by atoms with E-state index in [1.165, 1.54) is 0 Å². The van der Waals surface area contributed by atoms with Gasteiger partial charge in [-0.25, -0.2) is 0 Å². The molecule has 1 fully saturated rings. The summed E-state index contributed by atoms with van der Waals surface area (Å²) in [7, 11) is 0. The van der Waals surface area contributed by atoms with Crippen LogP contribution in [0.5, 0.6) is 0 Å². The molecule has 1 rings (SSSR count). The van der Waals surface area contributed by atoms with Crippen LogP contribution in [-0.4, -0.2) is 16.6 Å². The zero-order valence-corrected chi connectivity index (χ0v) is 7.76. The van der Waals surface area contributed by atoms with Crippen molar-refractivity contribution in [2.75, 3.05) is 0 Å². The Labute approximate surface area is 72.9 Å².